The first-order valence-electron chi connectivity index (χ1n) is 7.34. The number of hydrogen-bond acceptors (Lipinski definition) is 5. The number of halogens is 1. The number of nitrogens with zero attached hydrogens (tertiary/aromatic N) is 2. The normalized spacial score (nSPS) is 20.7. The molecule has 1 amide bonds. The molecule has 1 saturated carbocycles. The summed E-state index contributed by atoms with van der Waals surface area (Å²) in [6, 6.07) is 4.54. The number of carbonyl (C=O) groups excluding carboxylic acids is 2. The third-order valence-electron chi connectivity index (χ3n) is 4.07. The van der Waals surface area contributed by atoms with E-state index in [1.807, 2.05) is 0 Å². The molecule has 23 heavy (non-hydrogen) atoms. The second-order valence-electron chi connectivity index (χ2n) is 5.83. The van der Waals surface area contributed by atoms with Gasteiger partial charge in [-0.1, -0.05) is 17.7 Å². The Morgan fingerprint density at radius 1 is 1.43 bits per heavy atom. The number of nitro groups is 1. The first kappa shape index (κ1) is 15.7. The minimum Gasteiger partial charge on any atom is -0.461 e. The second-order valence-corrected chi connectivity index (χ2v) is 6.24. The van der Waals surface area contributed by atoms with Gasteiger partial charge in [-0.05, 0) is 24.5 Å². The van der Waals surface area contributed by atoms with Crippen molar-refractivity contribution < 1.29 is 19.2 Å². The van der Waals surface area contributed by atoms with E-state index in [2.05, 4.69) is 0 Å². The van der Waals surface area contributed by atoms with Crippen LogP contribution >= 0.6 is 11.6 Å². The monoisotopic (exact) mass is 338 g/mol. The first-order valence-corrected chi connectivity index (χ1v) is 7.72. The molecule has 7 nitrogen and oxygen atoms in total. The van der Waals surface area contributed by atoms with Crippen molar-refractivity contribution in [2.75, 3.05) is 6.54 Å². The Balaban J connectivity index is 1.58. The smallest absolute Gasteiger partial charge is 0.311 e. The quantitative estimate of drug-likeness (QED) is 0.467. The van der Waals surface area contributed by atoms with Gasteiger partial charge in [0.05, 0.1) is 10.8 Å². The number of likely N-dealkylation sites (tertiary alicyclic amines) is 1. The summed E-state index contributed by atoms with van der Waals surface area (Å²) in [6.07, 6.45) is 2.18. The van der Waals surface area contributed by atoms with Crippen LogP contribution in [0.2, 0.25) is 5.02 Å². The van der Waals surface area contributed by atoms with Crippen LogP contribution in [0.4, 0.5) is 5.69 Å². The van der Waals surface area contributed by atoms with Crippen LogP contribution in [0.15, 0.2) is 18.2 Å². The van der Waals surface area contributed by atoms with Crippen LogP contribution in [0.3, 0.4) is 0 Å². The molecule has 0 spiro atoms. The Hall–Kier alpha value is -2.15. The van der Waals surface area contributed by atoms with Crippen LogP contribution in [-0.2, 0) is 20.9 Å². The first-order chi connectivity index (χ1) is 11.0. The van der Waals surface area contributed by atoms with Gasteiger partial charge in [0.25, 0.3) is 5.69 Å². The van der Waals surface area contributed by atoms with Gasteiger partial charge >= 0.3 is 5.97 Å². The average molecular weight is 339 g/mol. The van der Waals surface area contributed by atoms with Crippen molar-refractivity contribution in [1.29, 1.82) is 0 Å². The van der Waals surface area contributed by atoms with Gasteiger partial charge in [-0.25, -0.2) is 0 Å². The van der Waals surface area contributed by atoms with E-state index in [-0.39, 0.29) is 29.6 Å². The van der Waals surface area contributed by atoms with Crippen molar-refractivity contribution in [3.8, 4) is 0 Å². The molecule has 2 aliphatic rings. The maximum absolute atomic E-state index is 12.1. The van der Waals surface area contributed by atoms with Crippen molar-refractivity contribution >= 4 is 29.2 Å². The minimum absolute atomic E-state index is 0.00317. The SMILES string of the molecule is O=C(OCc1ccc(Cl)c([N+](=O)[O-])c1)C1CC(=O)N(C2CC2)C1. The van der Waals surface area contributed by atoms with E-state index < -0.39 is 16.8 Å². The topological polar surface area (TPSA) is 89.7 Å². The van der Waals surface area contributed by atoms with Gasteiger partial charge in [-0.15, -0.1) is 0 Å². The number of ether oxygens (including phenoxy) is 1. The van der Waals surface area contributed by atoms with E-state index >= 15 is 0 Å². The lowest BCUT2D eigenvalue weighted by atomic mass is 10.1. The number of hydrogen-bond donors (Lipinski definition) is 0. The van der Waals surface area contributed by atoms with Gasteiger partial charge in [0.15, 0.2) is 0 Å². The molecule has 0 N–H and O–H groups in total. The Bertz CT molecular complexity index is 674. The van der Waals surface area contributed by atoms with Crippen molar-refractivity contribution in [3.05, 3.63) is 38.9 Å². The lowest BCUT2D eigenvalue weighted by molar-refractivity contribution is -0.384. The third-order valence-corrected chi connectivity index (χ3v) is 4.39. The highest BCUT2D eigenvalue weighted by Gasteiger charge is 2.42. The molecular formula is C15H15ClN2O5. The molecule has 122 valence electrons. The van der Waals surface area contributed by atoms with Crippen molar-refractivity contribution in [1.82, 2.24) is 4.90 Å². The van der Waals surface area contributed by atoms with Crippen LogP contribution in [0.25, 0.3) is 0 Å². The van der Waals surface area contributed by atoms with Crippen LogP contribution in [0.5, 0.6) is 0 Å². The molecule has 0 bridgehead atoms. The number of rotatable bonds is 5. The maximum atomic E-state index is 12.1. The lowest BCUT2D eigenvalue weighted by Gasteiger charge is -2.15. The highest BCUT2D eigenvalue weighted by molar-refractivity contribution is 6.32. The van der Waals surface area contributed by atoms with Crippen LogP contribution in [-0.4, -0.2) is 34.3 Å². The molecule has 1 aromatic carbocycles. The van der Waals surface area contributed by atoms with Gasteiger partial charge < -0.3 is 9.64 Å². The predicted octanol–water partition coefficient (Wildman–Crippen LogP) is 2.30. The molecule has 1 aromatic rings. The summed E-state index contributed by atoms with van der Waals surface area (Å²) in [7, 11) is 0. The van der Waals surface area contributed by atoms with Crippen LogP contribution in [0, 0.1) is 16.0 Å². The zero-order valence-corrected chi connectivity index (χ0v) is 13.0. The summed E-state index contributed by atoms with van der Waals surface area (Å²) in [5.74, 6) is -0.902. The number of amides is 1. The van der Waals surface area contributed by atoms with E-state index in [9.17, 15) is 19.7 Å². The summed E-state index contributed by atoms with van der Waals surface area (Å²) in [5, 5.41) is 10.9. The average Bonchev–Trinajstić information content (AvgIpc) is 3.28. The summed E-state index contributed by atoms with van der Waals surface area (Å²) in [4.78, 5) is 35.9. The molecule has 1 unspecified atom stereocenters. The molecule has 1 atom stereocenters. The van der Waals surface area contributed by atoms with Crippen LogP contribution < -0.4 is 0 Å². The Morgan fingerprint density at radius 3 is 2.83 bits per heavy atom. The molecule has 1 aliphatic carbocycles. The third kappa shape index (κ3) is 3.44. The number of esters is 1. The van der Waals surface area contributed by atoms with Gasteiger partial charge in [0.2, 0.25) is 5.91 Å². The number of nitro benzene ring substituents is 1. The molecule has 8 heteroatoms. The summed E-state index contributed by atoms with van der Waals surface area (Å²) >= 11 is 5.73. The zero-order valence-electron chi connectivity index (χ0n) is 12.2. The van der Waals surface area contributed by atoms with E-state index in [0.29, 0.717) is 18.2 Å². The largest absolute Gasteiger partial charge is 0.461 e. The zero-order chi connectivity index (χ0) is 16.6. The molecule has 0 radical (unpaired) electrons. The summed E-state index contributed by atoms with van der Waals surface area (Å²) in [6.45, 7) is 0.327. The Morgan fingerprint density at radius 2 is 2.17 bits per heavy atom. The van der Waals surface area contributed by atoms with E-state index in [4.69, 9.17) is 16.3 Å². The molecule has 1 heterocycles. The van der Waals surface area contributed by atoms with E-state index in [1.54, 1.807) is 11.0 Å². The molecular weight excluding hydrogens is 324 g/mol. The van der Waals surface area contributed by atoms with Gasteiger partial charge in [0.1, 0.15) is 11.6 Å². The summed E-state index contributed by atoms with van der Waals surface area (Å²) < 4.78 is 5.20. The standard InChI is InChI=1S/C15H15ClN2O5/c16-12-4-1-9(5-13(12)18(21)22)8-23-15(20)10-6-14(19)17(7-10)11-2-3-11/h1,4-5,10-11H,2-3,6-8H2. The van der Waals surface area contributed by atoms with Crippen molar-refractivity contribution in [3.63, 3.8) is 0 Å². The summed E-state index contributed by atoms with van der Waals surface area (Å²) in [5.41, 5.74) is 0.258. The van der Waals surface area contributed by atoms with Gasteiger partial charge in [-0.2, -0.15) is 0 Å². The van der Waals surface area contributed by atoms with Crippen molar-refractivity contribution in [2.45, 2.75) is 31.9 Å². The van der Waals surface area contributed by atoms with E-state index in [0.717, 1.165) is 12.8 Å². The highest BCUT2D eigenvalue weighted by atomic mass is 35.5. The highest BCUT2D eigenvalue weighted by Crippen LogP contribution is 2.33. The molecule has 2 fully saturated rings. The lowest BCUT2D eigenvalue weighted by Crippen LogP contribution is -2.28. The van der Waals surface area contributed by atoms with Crippen molar-refractivity contribution in [2.24, 2.45) is 5.92 Å². The molecule has 1 saturated heterocycles. The van der Waals surface area contributed by atoms with E-state index in [1.165, 1.54) is 12.1 Å². The molecule has 0 aromatic heterocycles. The van der Waals surface area contributed by atoms with Gasteiger partial charge in [-0.3, -0.25) is 19.7 Å². The Kier molecular flexibility index (Phi) is 4.21. The molecule has 1 aliphatic heterocycles. The minimum atomic E-state index is -0.587. The fourth-order valence-electron chi connectivity index (χ4n) is 2.69. The number of carbonyl (C=O) groups is 2. The number of benzene rings is 1. The van der Waals surface area contributed by atoms with Crippen LogP contribution in [0.1, 0.15) is 24.8 Å². The molecule has 3 rings (SSSR count). The fourth-order valence-corrected chi connectivity index (χ4v) is 2.88. The fraction of sp³-hybridized carbons (Fsp3) is 0.467. The predicted molar refractivity (Wildman–Crippen MR) is 80.7 cm³/mol. The van der Waals surface area contributed by atoms with Gasteiger partial charge in [0, 0.05) is 25.1 Å². The Labute approximate surface area is 137 Å². The maximum Gasteiger partial charge on any atom is 0.311 e. The second kappa shape index (κ2) is 6.16.